The summed E-state index contributed by atoms with van der Waals surface area (Å²) in [6.07, 6.45) is 6.98. The molecule has 0 radical (unpaired) electrons. The molecule has 3 nitrogen and oxygen atoms in total. The van der Waals surface area contributed by atoms with Gasteiger partial charge >= 0.3 is 0 Å². The summed E-state index contributed by atoms with van der Waals surface area (Å²) < 4.78 is 5.70. The van der Waals surface area contributed by atoms with E-state index in [1.165, 1.54) is 32.1 Å². The molecule has 0 bridgehead atoms. The average molecular weight is 287 g/mol. The van der Waals surface area contributed by atoms with Crippen LogP contribution in [0.4, 0.5) is 0 Å². The number of aliphatic hydroxyl groups excluding tert-OH is 1. The van der Waals surface area contributed by atoms with Gasteiger partial charge in [-0.2, -0.15) is 0 Å². The third-order valence-electron chi connectivity index (χ3n) is 3.56. The molecule has 20 heavy (non-hydrogen) atoms. The minimum atomic E-state index is -0.398. The van der Waals surface area contributed by atoms with E-state index in [0.717, 1.165) is 6.42 Å². The Kier molecular flexibility index (Phi) is 12.5. The number of unbranched alkanes of at least 4 members (excludes halogenated alkanes) is 1. The number of ether oxygens (including phenoxy) is 1. The average Bonchev–Trinajstić information content (AvgIpc) is 2.38. The molecule has 2 N–H and O–H groups in total. The summed E-state index contributed by atoms with van der Waals surface area (Å²) in [6.45, 7) is 12.0. The minimum absolute atomic E-state index is 0.233. The van der Waals surface area contributed by atoms with Crippen LogP contribution in [0.15, 0.2) is 0 Å². The lowest BCUT2D eigenvalue weighted by atomic mass is 10.1. The molecule has 0 aliphatic rings. The van der Waals surface area contributed by atoms with Crippen LogP contribution in [0.1, 0.15) is 73.1 Å². The first-order chi connectivity index (χ1) is 9.49. The number of hydrogen-bond donors (Lipinski definition) is 2. The summed E-state index contributed by atoms with van der Waals surface area (Å²) in [4.78, 5) is 0. The maximum absolute atomic E-state index is 9.99. The summed E-state index contributed by atoms with van der Waals surface area (Å²) in [6, 6.07) is 0.544. The van der Waals surface area contributed by atoms with E-state index in [0.29, 0.717) is 25.1 Å². The first kappa shape index (κ1) is 19.9. The highest BCUT2D eigenvalue weighted by Crippen LogP contribution is 2.09. The quantitative estimate of drug-likeness (QED) is 0.542. The van der Waals surface area contributed by atoms with Crippen molar-refractivity contribution >= 4 is 0 Å². The molecular weight excluding hydrogens is 250 g/mol. The van der Waals surface area contributed by atoms with Gasteiger partial charge < -0.3 is 15.2 Å². The molecule has 0 fully saturated rings. The molecule has 0 aromatic carbocycles. The fourth-order valence-electron chi connectivity index (χ4n) is 2.52. The molecule has 3 heteroatoms. The van der Waals surface area contributed by atoms with Crippen LogP contribution in [0.25, 0.3) is 0 Å². The molecule has 0 aliphatic heterocycles. The molecule has 0 saturated carbocycles. The Bertz CT molecular complexity index is 209. The summed E-state index contributed by atoms with van der Waals surface area (Å²) in [5.74, 6) is 0.642. The van der Waals surface area contributed by atoms with Gasteiger partial charge in [0.15, 0.2) is 0 Å². The van der Waals surface area contributed by atoms with Crippen molar-refractivity contribution < 1.29 is 9.84 Å². The van der Waals surface area contributed by atoms with Crippen LogP contribution in [0.5, 0.6) is 0 Å². The van der Waals surface area contributed by atoms with Crippen molar-refractivity contribution in [3.8, 4) is 0 Å². The van der Waals surface area contributed by atoms with E-state index < -0.39 is 6.10 Å². The Hall–Kier alpha value is -0.120. The van der Waals surface area contributed by atoms with E-state index in [4.69, 9.17) is 4.74 Å². The van der Waals surface area contributed by atoms with Gasteiger partial charge in [0, 0.05) is 12.6 Å². The zero-order valence-corrected chi connectivity index (χ0v) is 14.3. The lowest BCUT2D eigenvalue weighted by Gasteiger charge is -2.22. The van der Waals surface area contributed by atoms with E-state index in [2.05, 4.69) is 39.9 Å². The van der Waals surface area contributed by atoms with Gasteiger partial charge in [-0.15, -0.1) is 0 Å². The largest absolute Gasteiger partial charge is 0.389 e. The van der Waals surface area contributed by atoms with Crippen molar-refractivity contribution in [3.63, 3.8) is 0 Å². The van der Waals surface area contributed by atoms with Crippen molar-refractivity contribution in [1.82, 2.24) is 5.32 Å². The van der Waals surface area contributed by atoms with Gasteiger partial charge in [-0.25, -0.2) is 0 Å². The van der Waals surface area contributed by atoms with Gasteiger partial charge in [-0.3, -0.25) is 0 Å². The second-order valence-corrected chi connectivity index (χ2v) is 6.46. The summed E-state index contributed by atoms with van der Waals surface area (Å²) in [7, 11) is 0. The second kappa shape index (κ2) is 12.6. The normalized spacial score (nSPS) is 16.4. The van der Waals surface area contributed by atoms with Crippen LogP contribution in [0.2, 0.25) is 0 Å². The molecule has 0 saturated heterocycles. The highest BCUT2D eigenvalue weighted by Gasteiger charge is 2.12. The number of hydrogen-bond acceptors (Lipinski definition) is 3. The van der Waals surface area contributed by atoms with Gasteiger partial charge in [0.1, 0.15) is 0 Å². The Morgan fingerprint density at radius 1 is 1.05 bits per heavy atom. The van der Waals surface area contributed by atoms with E-state index in [-0.39, 0.29) is 6.10 Å². The smallest absolute Gasteiger partial charge is 0.0897 e. The molecule has 3 atom stereocenters. The Morgan fingerprint density at radius 3 is 2.30 bits per heavy atom. The van der Waals surface area contributed by atoms with Gasteiger partial charge in [0.2, 0.25) is 0 Å². The van der Waals surface area contributed by atoms with Crippen LogP contribution < -0.4 is 5.32 Å². The summed E-state index contributed by atoms with van der Waals surface area (Å²) in [5, 5.41) is 13.5. The van der Waals surface area contributed by atoms with Gasteiger partial charge in [0.25, 0.3) is 0 Å². The predicted octanol–water partition coefficient (Wildman–Crippen LogP) is 3.75. The molecule has 122 valence electrons. The fraction of sp³-hybridized carbons (Fsp3) is 1.00. The van der Waals surface area contributed by atoms with Crippen LogP contribution in [0.3, 0.4) is 0 Å². The Morgan fingerprint density at radius 2 is 1.75 bits per heavy atom. The third kappa shape index (κ3) is 11.7. The van der Waals surface area contributed by atoms with Crippen LogP contribution >= 0.6 is 0 Å². The lowest BCUT2D eigenvalue weighted by molar-refractivity contribution is -0.00943. The Balaban J connectivity index is 3.79. The lowest BCUT2D eigenvalue weighted by Crippen LogP contribution is -2.38. The molecule has 0 spiro atoms. The number of rotatable bonds is 13. The zero-order valence-electron chi connectivity index (χ0n) is 14.3. The molecule has 0 aromatic heterocycles. The highest BCUT2D eigenvalue weighted by molar-refractivity contribution is 4.69. The SMILES string of the molecule is CCCCC(CCC)NCC(O)COC(C)CC(C)C. The summed E-state index contributed by atoms with van der Waals surface area (Å²) in [5.41, 5.74) is 0. The first-order valence-electron chi connectivity index (χ1n) is 8.52. The highest BCUT2D eigenvalue weighted by atomic mass is 16.5. The van der Waals surface area contributed by atoms with Crippen molar-refractivity contribution in [2.45, 2.75) is 91.4 Å². The van der Waals surface area contributed by atoms with Gasteiger partial charge in [-0.1, -0.05) is 47.0 Å². The summed E-state index contributed by atoms with van der Waals surface area (Å²) >= 11 is 0. The van der Waals surface area contributed by atoms with E-state index >= 15 is 0 Å². The molecule has 0 aromatic rings. The second-order valence-electron chi connectivity index (χ2n) is 6.46. The van der Waals surface area contributed by atoms with E-state index in [1.807, 2.05) is 0 Å². The molecule has 3 unspecified atom stereocenters. The zero-order chi connectivity index (χ0) is 15.4. The molecule has 0 heterocycles. The number of aliphatic hydroxyl groups is 1. The number of nitrogens with one attached hydrogen (secondary N) is 1. The van der Waals surface area contributed by atoms with Crippen LogP contribution in [-0.4, -0.2) is 36.5 Å². The first-order valence-corrected chi connectivity index (χ1v) is 8.52. The molecule has 0 aliphatic carbocycles. The van der Waals surface area contributed by atoms with Crippen molar-refractivity contribution in [2.24, 2.45) is 5.92 Å². The Labute approximate surface area is 126 Å². The maximum Gasteiger partial charge on any atom is 0.0897 e. The van der Waals surface area contributed by atoms with Crippen molar-refractivity contribution in [3.05, 3.63) is 0 Å². The van der Waals surface area contributed by atoms with Crippen LogP contribution in [-0.2, 0) is 4.74 Å². The minimum Gasteiger partial charge on any atom is -0.389 e. The monoisotopic (exact) mass is 287 g/mol. The topological polar surface area (TPSA) is 41.5 Å². The van der Waals surface area contributed by atoms with E-state index in [1.54, 1.807) is 0 Å². The fourth-order valence-corrected chi connectivity index (χ4v) is 2.52. The van der Waals surface area contributed by atoms with Gasteiger partial charge in [0.05, 0.1) is 18.8 Å². The van der Waals surface area contributed by atoms with Gasteiger partial charge in [-0.05, 0) is 32.1 Å². The maximum atomic E-state index is 9.99. The van der Waals surface area contributed by atoms with E-state index in [9.17, 15) is 5.11 Å². The molecule has 0 amide bonds. The van der Waals surface area contributed by atoms with Crippen molar-refractivity contribution in [2.75, 3.05) is 13.2 Å². The third-order valence-corrected chi connectivity index (χ3v) is 3.56. The van der Waals surface area contributed by atoms with Crippen LogP contribution in [0, 0.1) is 5.92 Å². The molecule has 0 rings (SSSR count). The van der Waals surface area contributed by atoms with Crippen molar-refractivity contribution in [1.29, 1.82) is 0 Å². The molecular formula is C17H37NO2. The predicted molar refractivity (Wildman–Crippen MR) is 87.1 cm³/mol. The standard InChI is InChI=1S/C17H37NO2/c1-6-8-10-16(9-7-2)18-12-17(19)13-20-15(5)11-14(3)4/h14-19H,6-13H2,1-5H3.